The van der Waals surface area contributed by atoms with E-state index in [1.54, 1.807) is 0 Å². The number of ether oxygens (including phenoxy) is 3. The van der Waals surface area contributed by atoms with E-state index in [0.717, 1.165) is 56.6 Å². The maximum absolute atomic E-state index is 5.66. The molecule has 0 atom stereocenters. The van der Waals surface area contributed by atoms with Gasteiger partial charge in [0.2, 0.25) is 6.79 Å². The molecule has 28 heavy (non-hydrogen) atoms. The second kappa shape index (κ2) is 8.57. The summed E-state index contributed by atoms with van der Waals surface area (Å²) in [7, 11) is 3.93. The molecule has 0 saturated carbocycles. The summed E-state index contributed by atoms with van der Waals surface area (Å²) in [6.07, 6.45) is 4.79. The molecule has 0 radical (unpaired) electrons. The van der Waals surface area contributed by atoms with Gasteiger partial charge in [-0.15, -0.1) is 0 Å². The minimum atomic E-state index is 0.185. The fourth-order valence-electron chi connectivity index (χ4n) is 4.56. The first kappa shape index (κ1) is 19.3. The first-order valence-electron chi connectivity index (χ1n) is 10.3. The number of nitrogens with one attached hydrogen (secondary N) is 1. The van der Waals surface area contributed by atoms with Gasteiger partial charge in [0, 0.05) is 45.9 Å². The molecule has 1 aromatic carbocycles. The summed E-state index contributed by atoms with van der Waals surface area (Å²) in [4.78, 5) is 9.36. The number of nitrogens with zero attached hydrogens (tertiary/aromatic N) is 3. The van der Waals surface area contributed by atoms with Gasteiger partial charge in [-0.2, -0.15) is 0 Å². The van der Waals surface area contributed by atoms with Gasteiger partial charge < -0.3 is 24.4 Å². The van der Waals surface area contributed by atoms with Crippen LogP contribution in [0.5, 0.6) is 11.5 Å². The zero-order valence-electron chi connectivity index (χ0n) is 17.1. The first-order chi connectivity index (χ1) is 13.7. The fourth-order valence-corrected chi connectivity index (χ4v) is 4.56. The lowest BCUT2D eigenvalue weighted by Crippen LogP contribution is -2.58. The van der Waals surface area contributed by atoms with Gasteiger partial charge in [0.1, 0.15) is 0 Å². The maximum atomic E-state index is 5.66. The third-order valence-electron chi connectivity index (χ3n) is 6.21. The quantitative estimate of drug-likeness (QED) is 0.616. The van der Waals surface area contributed by atoms with Crippen LogP contribution in [-0.2, 0) is 11.3 Å². The molecule has 154 valence electrons. The summed E-state index contributed by atoms with van der Waals surface area (Å²) >= 11 is 0. The Morgan fingerprint density at radius 1 is 1.18 bits per heavy atom. The second-order valence-corrected chi connectivity index (χ2v) is 7.98. The molecule has 7 nitrogen and oxygen atoms in total. The third kappa shape index (κ3) is 4.05. The predicted molar refractivity (Wildman–Crippen MR) is 109 cm³/mol. The minimum absolute atomic E-state index is 0.185. The average molecular weight is 389 g/mol. The number of benzene rings is 1. The summed E-state index contributed by atoms with van der Waals surface area (Å²) in [5.74, 6) is 2.56. The second-order valence-electron chi connectivity index (χ2n) is 7.98. The van der Waals surface area contributed by atoms with Crippen LogP contribution in [0.3, 0.4) is 0 Å². The zero-order chi connectivity index (χ0) is 19.4. The van der Waals surface area contributed by atoms with Gasteiger partial charge in [-0.3, -0.25) is 9.89 Å². The molecule has 2 saturated heterocycles. The number of guanidine groups is 1. The van der Waals surface area contributed by atoms with Crippen molar-refractivity contribution in [1.29, 1.82) is 0 Å². The van der Waals surface area contributed by atoms with E-state index in [1.165, 1.54) is 31.5 Å². The summed E-state index contributed by atoms with van der Waals surface area (Å²) in [5.41, 5.74) is 1.36. The van der Waals surface area contributed by atoms with Crippen LogP contribution in [-0.4, -0.2) is 75.0 Å². The van der Waals surface area contributed by atoms with Crippen LogP contribution < -0.4 is 14.8 Å². The molecule has 1 aromatic rings. The monoisotopic (exact) mass is 388 g/mol. The molecule has 0 unspecified atom stereocenters. The molecule has 0 aromatic heterocycles. The Kier molecular flexibility index (Phi) is 5.92. The smallest absolute Gasteiger partial charge is 0.231 e. The molecule has 3 aliphatic rings. The van der Waals surface area contributed by atoms with Crippen LogP contribution in [0, 0.1) is 0 Å². The number of fused-ring (bicyclic) bond motifs is 1. The average Bonchev–Trinajstić information content (AvgIpc) is 3.41. The summed E-state index contributed by atoms with van der Waals surface area (Å²) < 4.78 is 16.6. The highest BCUT2D eigenvalue weighted by Crippen LogP contribution is 2.33. The van der Waals surface area contributed by atoms with E-state index < -0.39 is 0 Å². The van der Waals surface area contributed by atoms with Gasteiger partial charge in [-0.05, 0) is 56.5 Å². The molecule has 0 amide bonds. The fraction of sp³-hybridized carbons (Fsp3) is 0.667. The van der Waals surface area contributed by atoms with Crippen molar-refractivity contribution in [1.82, 2.24) is 15.1 Å². The van der Waals surface area contributed by atoms with Crippen LogP contribution in [0.1, 0.15) is 31.2 Å². The Balaban J connectivity index is 1.39. The molecule has 3 aliphatic heterocycles. The predicted octanol–water partition coefficient (Wildman–Crippen LogP) is 2.07. The maximum Gasteiger partial charge on any atom is 0.231 e. The highest BCUT2D eigenvalue weighted by atomic mass is 16.7. The summed E-state index contributed by atoms with van der Waals surface area (Å²) in [6.45, 7) is 6.08. The van der Waals surface area contributed by atoms with Crippen LogP contribution in [0.15, 0.2) is 23.2 Å². The topological polar surface area (TPSA) is 58.6 Å². The van der Waals surface area contributed by atoms with E-state index >= 15 is 0 Å². The molecule has 4 rings (SSSR count). The number of aliphatic imine (C=N–C) groups is 1. The molecule has 7 heteroatoms. The number of hydrogen-bond donors (Lipinski definition) is 1. The van der Waals surface area contributed by atoms with E-state index in [9.17, 15) is 0 Å². The van der Waals surface area contributed by atoms with E-state index in [2.05, 4.69) is 39.3 Å². The molecule has 0 bridgehead atoms. The van der Waals surface area contributed by atoms with E-state index in [0.29, 0.717) is 6.79 Å². The van der Waals surface area contributed by atoms with Crippen molar-refractivity contribution in [3.05, 3.63) is 23.8 Å². The minimum Gasteiger partial charge on any atom is -0.454 e. The third-order valence-corrected chi connectivity index (χ3v) is 6.21. The zero-order valence-corrected chi connectivity index (χ0v) is 17.1. The van der Waals surface area contributed by atoms with Crippen LogP contribution in [0.2, 0.25) is 0 Å². The van der Waals surface area contributed by atoms with Crippen molar-refractivity contribution < 1.29 is 14.2 Å². The van der Waals surface area contributed by atoms with Gasteiger partial charge in [-0.25, -0.2) is 0 Å². The lowest BCUT2D eigenvalue weighted by molar-refractivity contribution is -0.0166. The Labute approximate surface area is 167 Å². The Morgan fingerprint density at radius 2 is 1.93 bits per heavy atom. The molecule has 1 N–H and O–H groups in total. The van der Waals surface area contributed by atoms with E-state index in [-0.39, 0.29) is 5.54 Å². The highest BCUT2D eigenvalue weighted by molar-refractivity contribution is 5.79. The van der Waals surface area contributed by atoms with Crippen molar-refractivity contribution in [3.8, 4) is 11.5 Å². The molecular weight excluding hydrogens is 356 g/mol. The molecule has 0 aliphatic carbocycles. The van der Waals surface area contributed by atoms with Gasteiger partial charge in [0.05, 0.1) is 0 Å². The number of rotatable bonds is 5. The Morgan fingerprint density at radius 3 is 2.68 bits per heavy atom. The summed E-state index contributed by atoms with van der Waals surface area (Å²) in [5, 5.41) is 3.65. The Hall–Kier alpha value is -1.99. The lowest BCUT2D eigenvalue weighted by atomic mass is 9.88. The SMILES string of the molecule is CN=C(NCC1(N2CCCC2)CCOCC1)N(C)Cc1ccc2c(c1)OCO2. The highest BCUT2D eigenvalue weighted by Gasteiger charge is 2.39. The van der Waals surface area contributed by atoms with E-state index in [4.69, 9.17) is 14.2 Å². The number of hydrogen-bond acceptors (Lipinski definition) is 5. The van der Waals surface area contributed by atoms with Gasteiger partial charge in [0.25, 0.3) is 0 Å². The Bertz CT molecular complexity index is 697. The largest absolute Gasteiger partial charge is 0.454 e. The molecule has 2 fully saturated rings. The molecule has 0 spiro atoms. The van der Waals surface area contributed by atoms with Crippen LogP contribution in [0.25, 0.3) is 0 Å². The van der Waals surface area contributed by atoms with Crippen molar-refractivity contribution >= 4 is 5.96 Å². The normalized spacial score (nSPS) is 21.7. The van der Waals surface area contributed by atoms with Crippen molar-refractivity contribution in [2.75, 3.05) is 53.7 Å². The summed E-state index contributed by atoms with van der Waals surface area (Å²) in [6, 6.07) is 6.11. The van der Waals surface area contributed by atoms with Crippen molar-refractivity contribution in [2.24, 2.45) is 4.99 Å². The van der Waals surface area contributed by atoms with Gasteiger partial charge >= 0.3 is 0 Å². The standard InChI is InChI=1S/C21H32N4O3/c1-22-20(24(2)14-17-5-6-18-19(13-17)28-16-27-18)23-15-21(7-11-26-12-8-21)25-9-3-4-10-25/h5-6,13H,3-4,7-12,14-16H2,1-2H3,(H,22,23). The van der Waals surface area contributed by atoms with Crippen molar-refractivity contribution in [2.45, 2.75) is 37.8 Å². The van der Waals surface area contributed by atoms with Crippen LogP contribution >= 0.6 is 0 Å². The first-order valence-corrected chi connectivity index (χ1v) is 10.3. The molecule has 3 heterocycles. The lowest BCUT2D eigenvalue weighted by Gasteiger charge is -2.45. The van der Waals surface area contributed by atoms with Gasteiger partial charge in [-0.1, -0.05) is 6.07 Å². The molecular formula is C21H32N4O3. The number of likely N-dealkylation sites (tertiary alicyclic amines) is 1. The van der Waals surface area contributed by atoms with E-state index in [1.807, 2.05) is 13.1 Å². The van der Waals surface area contributed by atoms with Gasteiger partial charge in [0.15, 0.2) is 17.5 Å². The van der Waals surface area contributed by atoms with Crippen molar-refractivity contribution in [3.63, 3.8) is 0 Å². The van der Waals surface area contributed by atoms with Crippen LogP contribution in [0.4, 0.5) is 0 Å².